The summed E-state index contributed by atoms with van der Waals surface area (Å²) < 4.78 is 5.19. The predicted octanol–water partition coefficient (Wildman–Crippen LogP) is 2.37. The fraction of sp³-hybridized carbons (Fsp3) is 0.143. The fourth-order valence-corrected chi connectivity index (χ4v) is 1.67. The Kier molecular flexibility index (Phi) is 3.57. The van der Waals surface area contributed by atoms with Gasteiger partial charge >= 0.3 is 0 Å². The number of para-hydroxylation sites is 1. The van der Waals surface area contributed by atoms with Crippen LogP contribution in [0.4, 0.5) is 5.69 Å². The van der Waals surface area contributed by atoms with E-state index in [4.69, 9.17) is 4.74 Å². The number of nitrogens with zero attached hydrogens (tertiary/aromatic N) is 2. The van der Waals surface area contributed by atoms with Gasteiger partial charge < -0.3 is 9.64 Å². The van der Waals surface area contributed by atoms with E-state index in [2.05, 4.69) is 4.98 Å². The Hall–Kier alpha value is -2.36. The number of benzene rings is 1. The lowest BCUT2D eigenvalue weighted by Gasteiger charge is -2.18. The number of carbonyl (C=O) groups excluding carboxylic acids is 1. The minimum Gasteiger partial charge on any atom is -0.496 e. The summed E-state index contributed by atoms with van der Waals surface area (Å²) in [5.41, 5.74) is 1.28. The molecule has 18 heavy (non-hydrogen) atoms. The molecule has 4 nitrogen and oxygen atoms in total. The first-order valence-corrected chi connectivity index (χ1v) is 5.55. The first kappa shape index (κ1) is 12.1. The van der Waals surface area contributed by atoms with Gasteiger partial charge in [0.25, 0.3) is 5.91 Å². The highest BCUT2D eigenvalue weighted by molar-refractivity contribution is 6.07. The van der Waals surface area contributed by atoms with Gasteiger partial charge in [-0.05, 0) is 24.3 Å². The monoisotopic (exact) mass is 242 g/mol. The highest BCUT2D eigenvalue weighted by Crippen LogP contribution is 2.21. The van der Waals surface area contributed by atoms with E-state index in [0.29, 0.717) is 11.3 Å². The maximum Gasteiger partial charge on any atom is 0.261 e. The average molecular weight is 242 g/mol. The van der Waals surface area contributed by atoms with Crippen LogP contribution in [0.15, 0.2) is 48.8 Å². The van der Waals surface area contributed by atoms with Crippen LogP contribution in [0.2, 0.25) is 0 Å². The molecular weight excluding hydrogens is 228 g/mol. The lowest BCUT2D eigenvalue weighted by Crippen LogP contribution is -2.26. The second-order valence-corrected chi connectivity index (χ2v) is 3.78. The second-order valence-electron chi connectivity index (χ2n) is 3.78. The number of hydrogen-bond acceptors (Lipinski definition) is 3. The maximum absolute atomic E-state index is 12.3. The van der Waals surface area contributed by atoms with E-state index in [9.17, 15) is 4.79 Å². The highest BCUT2D eigenvalue weighted by Gasteiger charge is 2.17. The number of aromatic nitrogens is 1. The van der Waals surface area contributed by atoms with Crippen molar-refractivity contribution in [3.8, 4) is 5.75 Å². The summed E-state index contributed by atoms with van der Waals surface area (Å²) in [6.07, 6.45) is 3.32. The Morgan fingerprint density at radius 1 is 1.22 bits per heavy atom. The van der Waals surface area contributed by atoms with Gasteiger partial charge in [0, 0.05) is 13.2 Å². The maximum atomic E-state index is 12.3. The molecule has 0 aliphatic rings. The molecule has 92 valence electrons. The molecule has 2 aromatic rings. The van der Waals surface area contributed by atoms with E-state index in [-0.39, 0.29) is 5.91 Å². The van der Waals surface area contributed by atoms with Crippen molar-refractivity contribution in [2.45, 2.75) is 0 Å². The van der Waals surface area contributed by atoms with Crippen LogP contribution >= 0.6 is 0 Å². The van der Waals surface area contributed by atoms with Crippen molar-refractivity contribution in [2.24, 2.45) is 0 Å². The fourth-order valence-electron chi connectivity index (χ4n) is 1.67. The predicted molar refractivity (Wildman–Crippen MR) is 70.0 cm³/mol. The van der Waals surface area contributed by atoms with Crippen LogP contribution in [0.5, 0.6) is 5.75 Å². The van der Waals surface area contributed by atoms with Gasteiger partial charge in [-0.25, -0.2) is 0 Å². The molecule has 0 atom stereocenters. The van der Waals surface area contributed by atoms with Crippen LogP contribution in [0.1, 0.15) is 10.4 Å². The van der Waals surface area contributed by atoms with E-state index in [1.807, 2.05) is 18.2 Å². The SMILES string of the molecule is COc1ccccc1C(=O)N(C)c1cccnc1. The molecule has 0 fully saturated rings. The van der Waals surface area contributed by atoms with Crippen LogP contribution in [0, 0.1) is 0 Å². The zero-order valence-electron chi connectivity index (χ0n) is 10.3. The van der Waals surface area contributed by atoms with Gasteiger partial charge in [-0.15, -0.1) is 0 Å². The molecule has 0 saturated heterocycles. The molecule has 0 saturated carbocycles. The Balaban J connectivity index is 2.32. The number of ether oxygens (including phenoxy) is 1. The third-order valence-electron chi connectivity index (χ3n) is 2.68. The molecule has 1 heterocycles. The smallest absolute Gasteiger partial charge is 0.261 e. The number of carbonyl (C=O) groups is 1. The van der Waals surface area contributed by atoms with Crippen molar-refractivity contribution in [3.05, 3.63) is 54.4 Å². The summed E-state index contributed by atoms with van der Waals surface area (Å²) in [7, 11) is 3.27. The highest BCUT2D eigenvalue weighted by atomic mass is 16.5. The Morgan fingerprint density at radius 3 is 2.67 bits per heavy atom. The Bertz CT molecular complexity index is 541. The average Bonchev–Trinajstić information content (AvgIpc) is 2.46. The van der Waals surface area contributed by atoms with Gasteiger partial charge in [-0.2, -0.15) is 0 Å². The second kappa shape index (κ2) is 5.31. The van der Waals surface area contributed by atoms with Crippen molar-refractivity contribution in [1.29, 1.82) is 0 Å². The zero-order valence-corrected chi connectivity index (χ0v) is 10.3. The van der Waals surface area contributed by atoms with Crippen LogP contribution in [-0.4, -0.2) is 25.0 Å². The topological polar surface area (TPSA) is 42.4 Å². The first-order valence-electron chi connectivity index (χ1n) is 5.55. The van der Waals surface area contributed by atoms with E-state index in [1.54, 1.807) is 49.7 Å². The van der Waals surface area contributed by atoms with E-state index in [0.717, 1.165) is 5.69 Å². The molecule has 0 N–H and O–H groups in total. The molecule has 0 radical (unpaired) electrons. The normalized spacial score (nSPS) is 9.89. The Morgan fingerprint density at radius 2 is 2.00 bits per heavy atom. The van der Waals surface area contributed by atoms with E-state index < -0.39 is 0 Å². The molecule has 0 aliphatic carbocycles. The lowest BCUT2D eigenvalue weighted by atomic mass is 10.1. The number of methoxy groups -OCH3 is 1. The number of amides is 1. The summed E-state index contributed by atoms with van der Waals surface area (Å²) in [6, 6.07) is 10.8. The minimum absolute atomic E-state index is 0.125. The van der Waals surface area contributed by atoms with Crippen molar-refractivity contribution >= 4 is 11.6 Å². The molecule has 1 aromatic carbocycles. The molecule has 1 aromatic heterocycles. The summed E-state index contributed by atoms with van der Waals surface area (Å²) in [6.45, 7) is 0. The number of anilines is 1. The van der Waals surface area contributed by atoms with E-state index in [1.165, 1.54) is 0 Å². The Labute approximate surface area is 106 Å². The van der Waals surface area contributed by atoms with Crippen molar-refractivity contribution in [1.82, 2.24) is 4.98 Å². The van der Waals surface area contributed by atoms with Gasteiger partial charge in [-0.3, -0.25) is 9.78 Å². The van der Waals surface area contributed by atoms with Crippen molar-refractivity contribution < 1.29 is 9.53 Å². The van der Waals surface area contributed by atoms with Crippen molar-refractivity contribution in [2.75, 3.05) is 19.1 Å². The van der Waals surface area contributed by atoms with Crippen LogP contribution < -0.4 is 9.64 Å². The third-order valence-corrected chi connectivity index (χ3v) is 2.68. The molecular formula is C14H14N2O2. The van der Waals surface area contributed by atoms with Gasteiger partial charge in [0.2, 0.25) is 0 Å². The summed E-state index contributed by atoms with van der Waals surface area (Å²) in [5, 5.41) is 0. The number of rotatable bonds is 3. The van der Waals surface area contributed by atoms with Crippen molar-refractivity contribution in [3.63, 3.8) is 0 Å². The molecule has 0 spiro atoms. The molecule has 0 bridgehead atoms. The quantitative estimate of drug-likeness (QED) is 0.829. The van der Waals surface area contributed by atoms with Gasteiger partial charge in [0.1, 0.15) is 5.75 Å². The molecule has 0 aliphatic heterocycles. The summed E-state index contributed by atoms with van der Waals surface area (Å²) in [5.74, 6) is 0.443. The number of hydrogen-bond donors (Lipinski definition) is 0. The van der Waals surface area contributed by atoms with Gasteiger partial charge in [0.05, 0.1) is 24.6 Å². The largest absolute Gasteiger partial charge is 0.496 e. The third kappa shape index (κ3) is 2.32. The molecule has 2 rings (SSSR count). The van der Waals surface area contributed by atoms with Gasteiger partial charge in [0.15, 0.2) is 0 Å². The van der Waals surface area contributed by atoms with Crippen LogP contribution in [-0.2, 0) is 0 Å². The first-order chi connectivity index (χ1) is 8.74. The minimum atomic E-state index is -0.125. The van der Waals surface area contributed by atoms with Crippen LogP contribution in [0.3, 0.4) is 0 Å². The standard InChI is InChI=1S/C14H14N2O2/c1-16(11-6-5-9-15-10-11)14(17)12-7-3-4-8-13(12)18-2/h3-10H,1-2H3. The van der Waals surface area contributed by atoms with Gasteiger partial charge in [-0.1, -0.05) is 12.1 Å². The molecule has 1 amide bonds. The lowest BCUT2D eigenvalue weighted by molar-refractivity contribution is 0.0990. The summed E-state index contributed by atoms with van der Waals surface area (Å²) in [4.78, 5) is 17.9. The van der Waals surface area contributed by atoms with Crippen LogP contribution in [0.25, 0.3) is 0 Å². The zero-order chi connectivity index (χ0) is 13.0. The number of pyridine rings is 1. The summed E-state index contributed by atoms with van der Waals surface area (Å²) >= 11 is 0. The van der Waals surface area contributed by atoms with E-state index >= 15 is 0 Å². The molecule has 0 unspecified atom stereocenters. The molecule has 4 heteroatoms.